The molecule has 0 radical (unpaired) electrons. The van der Waals surface area contributed by atoms with Gasteiger partial charge in [0.25, 0.3) is 0 Å². The van der Waals surface area contributed by atoms with E-state index in [0.29, 0.717) is 24.2 Å². The molecule has 0 amide bonds. The van der Waals surface area contributed by atoms with E-state index in [0.717, 1.165) is 0 Å². The number of ether oxygens (including phenoxy) is 2. The van der Waals surface area contributed by atoms with Gasteiger partial charge in [-0.3, -0.25) is 9.88 Å². The summed E-state index contributed by atoms with van der Waals surface area (Å²) in [5, 5.41) is 6.10. The van der Waals surface area contributed by atoms with Crippen molar-refractivity contribution in [1.82, 2.24) is 20.1 Å². The molecule has 1 fully saturated rings. The number of hydrogen-bond acceptors (Lipinski definition) is 5. The second-order valence-electron chi connectivity index (χ2n) is 8.45. The van der Waals surface area contributed by atoms with Crippen LogP contribution in [0.3, 0.4) is 0 Å². The fourth-order valence-corrected chi connectivity index (χ4v) is 4.07. The number of hydrogen-bond donors (Lipinski definition) is 2. The van der Waals surface area contributed by atoms with E-state index in [4.69, 9.17) is 9.47 Å². The lowest BCUT2D eigenvalue weighted by molar-refractivity contribution is -0.231. The van der Waals surface area contributed by atoms with Crippen LogP contribution in [0.5, 0.6) is 0 Å². The van der Waals surface area contributed by atoms with Crippen LogP contribution in [0.15, 0.2) is 47.3 Å². The second-order valence-corrected chi connectivity index (χ2v) is 8.45. The number of benzene rings is 2. The summed E-state index contributed by atoms with van der Waals surface area (Å²) in [5.41, 5.74) is -3.30. The molecular formula is C23H21F7N4O3. The zero-order chi connectivity index (χ0) is 27.0. The molecule has 1 aliphatic rings. The smallest absolute Gasteiger partial charge is 0.349 e. The van der Waals surface area contributed by atoms with Crippen LogP contribution in [-0.4, -0.2) is 39.5 Å². The van der Waals surface area contributed by atoms with Gasteiger partial charge in [-0.05, 0) is 48.4 Å². The van der Waals surface area contributed by atoms with Gasteiger partial charge in [0.15, 0.2) is 6.29 Å². The summed E-state index contributed by atoms with van der Waals surface area (Å²) in [6, 6.07) is 5.79. The molecule has 2 N–H and O–H groups in total. The van der Waals surface area contributed by atoms with E-state index in [1.54, 1.807) is 4.90 Å². The fraction of sp³-hybridized carbons (Fsp3) is 0.391. The van der Waals surface area contributed by atoms with E-state index in [-0.39, 0.29) is 30.6 Å². The zero-order valence-electron chi connectivity index (χ0n) is 19.2. The quantitative estimate of drug-likeness (QED) is 0.438. The third-order valence-electron chi connectivity index (χ3n) is 5.84. The van der Waals surface area contributed by atoms with Gasteiger partial charge in [-0.1, -0.05) is 12.1 Å². The van der Waals surface area contributed by atoms with Gasteiger partial charge in [0.1, 0.15) is 11.6 Å². The van der Waals surface area contributed by atoms with Gasteiger partial charge >= 0.3 is 18.0 Å². The largest absolute Gasteiger partial charge is 0.416 e. The van der Waals surface area contributed by atoms with Crippen LogP contribution in [0.25, 0.3) is 0 Å². The van der Waals surface area contributed by atoms with Gasteiger partial charge in [0.05, 0.1) is 36.4 Å². The Bertz CT molecular complexity index is 1240. The summed E-state index contributed by atoms with van der Waals surface area (Å²) in [6.45, 7) is 1.82. The Hall–Kier alpha value is -3.23. The molecule has 7 nitrogen and oxygen atoms in total. The first-order valence-electron chi connectivity index (χ1n) is 11.0. The van der Waals surface area contributed by atoms with Crippen LogP contribution in [-0.2, 0) is 28.4 Å². The number of aromatic nitrogens is 3. The van der Waals surface area contributed by atoms with Crippen molar-refractivity contribution >= 4 is 0 Å². The van der Waals surface area contributed by atoms with Crippen LogP contribution >= 0.6 is 0 Å². The summed E-state index contributed by atoms with van der Waals surface area (Å²) in [6.07, 6.45) is -12.4. The topological polar surface area (TPSA) is 83.2 Å². The number of halogens is 7. The van der Waals surface area contributed by atoms with Gasteiger partial charge in [-0.15, -0.1) is 0 Å². The zero-order valence-corrected chi connectivity index (χ0v) is 19.2. The van der Waals surface area contributed by atoms with Gasteiger partial charge in [0, 0.05) is 6.54 Å². The molecule has 2 aromatic carbocycles. The van der Waals surface area contributed by atoms with Gasteiger partial charge in [0.2, 0.25) is 0 Å². The minimum absolute atomic E-state index is 0.0427. The maximum atomic E-state index is 13.6. The van der Waals surface area contributed by atoms with Crippen LogP contribution in [0.4, 0.5) is 30.7 Å². The molecule has 0 spiro atoms. The molecule has 3 atom stereocenters. The molecule has 0 bridgehead atoms. The fourth-order valence-electron chi connectivity index (χ4n) is 4.07. The third kappa shape index (κ3) is 6.37. The maximum absolute atomic E-state index is 13.6. The SMILES string of the molecule is C[C@@H](OC1OCCN(Cc2n[nH]c(=O)[nH]2)C1c1ccc(F)cc1)c1cc(C(F)(F)F)cc(C(F)(F)F)c1. The lowest BCUT2D eigenvalue weighted by Crippen LogP contribution is -2.46. The Morgan fingerprint density at radius 1 is 1.08 bits per heavy atom. The van der Waals surface area contributed by atoms with Crippen molar-refractivity contribution in [2.45, 2.75) is 44.3 Å². The molecule has 3 aromatic rings. The third-order valence-corrected chi connectivity index (χ3v) is 5.84. The lowest BCUT2D eigenvalue weighted by atomic mass is 10.0. The molecule has 1 aromatic heterocycles. The van der Waals surface area contributed by atoms with E-state index >= 15 is 0 Å². The highest BCUT2D eigenvalue weighted by molar-refractivity contribution is 5.34. The first-order valence-corrected chi connectivity index (χ1v) is 11.0. The van der Waals surface area contributed by atoms with Crippen LogP contribution in [0.1, 0.15) is 47.1 Å². The molecule has 1 aliphatic heterocycles. The predicted octanol–water partition coefficient (Wildman–Crippen LogP) is 4.95. The molecule has 1 saturated heterocycles. The number of nitrogens with one attached hydrogen (secondary N) is 2. The van der Waals surface area contributed by atoms with Crippen molar-refractivity contribution in [2.24, 2.45) is 0 Å². The molecular weight excluding hydrogens is 513 g/mol. The number of nitrogens with zero attached hydrogens (tertiary/aromatic N) is 2. The van der Waals surface area contributed by atoms with Gasteiger partial charge < -0.3 is 9.47 Å². The molecule has 14 heteroatoms. The Morgan fingerprint density at radius 2 is 1.70 bits per heavy atom. The van der Waals surface area contributed by atoms with E-state index in [1.165, 1.54) is 31.2 Å². The van der Waals surface area contributed by atoms with Gasteiger partial charge in [-0.25, -0.2) is 14.3 Å². The minimum Gasteiger partial charge on any atom is -0.349 e. The molecule has 200 valence electrons. The van der Waals surface area contributed by atoms with Crippen LogP contribution in [0, 0.1) is 5.82 Å². The van der Waals surface area contributed by atoms with Gasteiger partial charge in [-0.2, -0.15) is 31.4 Å². The lowest BCUT2D eigenvalue weighted by Gasteiger charge is -2.41. The number of rotatable bonds is 6. The van der Waals surface area contributed by atoms with Crippen molar-refractivity contribution in [3.05, 3.63) is 86.8 Å². The van der Waals surface area contributed by atoms with Crippen molar-refractivity contribution in [3.8, 4) is 0 Å². The molecule has 37 heavy (non-hydrogen) atoms. The highest BCUT2D eigenvalue weighted by Crippen LogP contribution is 2.39. The molecule has 2 unspecified atom stereocenters. The van der Waals surface area contributed by atoms with E-state index < -0.39 is 53.4 Å². The van der Waals surface area contributed by atoms with Crippen LogP contribution in [0.2, 0.25) is 0 Å². The normalized spacial score (nSPS) is 20.2. The Kier molecular flexibility index (Phi) is 7.44. The van der Waals surface area contributed by atoms with Crippen molar-refractivity contribution < 1.29 is 40.2 Å². The molecule has 2 heterocycles. The number of morpholine rings is 1. The predicted molar refractivity (Wildman–Crippen MR) is 114 cm³/mol. The Balaban J connectivity index is 1.66. The van der Waals surface area contributed by atoms with E-state index in [9.17, 15) is 35.5 Å². The monoisotopic (exact) mass is 534 g/mol. The van der Waals surface area contributed by atoms with E-state index in [1.807, 2.05) is 0 Å². The Labute approximate surface area is 205 Å². The summed E-state index contributed by atoms with van der Waals surface area (Å²) < 4.78 is 105. The summed E-state index contributed by atoms with van der Waals surface area (Å²) >= 11 is 0. The standard InChI is InChI=1S/C23H21F7N4O3/c1-12(14-8-15(22(25,26)27)10-16(9-14)23(28,29)30)37-20-19(13-2-4-17(24)5-3-13)34(6-7-36-20)11-18-31-21(35)33-32-18/h2-5,8-10,12,19-20H,6-7,11H2,1H3,(H2,31,32,33,35)/t12-,19?,20?/m1/s1. The maximum Gasteiger partial charge on any atom is 0.416 e. The highest BCUT2D eigenvalue weighted by atomic mass is 19.4. The second kappa shape index (κ2) is 10.3. The Morgan fingerprint density at radius 3 is 2.24 bits per heavy atom. The van der Waals surface area contributed by atoms with Crippen molar-refractivity contribution in [1.29, 1.82) is 0 Å². The average molecular weight is 534 g/mol. The first kappa shape index (κ1) is 26.8. The minimum atomic E-state index is -5.01. The summed E-state index contributed by atoms with van der Waals surface area (Å²) in [4.78, 5) is 15.7. The molecule has 0 aliphatic carbocycles. The number of H-pyrrole nitrogens is 2. The summed E-state index contributed by atoms with van der Waals surface area (Å²) in [5.74, 6) is -0.239. The molecule has 0 saturated carbocycles. The molecule has 4 rings (SSSR count). The van der Waals surface area contributed by atoms with Crippen molar-refractivity contribution in [3.63, 3.8) is 0 Å². The first-order chi connectivity index (χ1) is 17.3. The number of aromatic amines is 2. The highest BCUT2D eigenvalue weighted by Gasteiger charge is 2.39. The van der Waals surface area contributed by atoms with Crippen molar-refractivity contribution in [2.75, 3.05) is 13.2 Å². The van der Waals surface area contributed by atoms with Crippen LogP contribution < -0.4 is 5.69 Å². The van der Waals surface area contributed by atoms with E-state index in [2.05, 4.69) is 15.2 Å². The average Bonchev–Trinajstić information content (AvgIpc) is 3.23. The number of alkyl halides is 6. The summed E-state index contributed by atoms with van der Waals surface area (Å²) in [7, 11) is 0.